The Kier molecular flexibility index (Phi) is 4.45. The van der Waals surface area contributed by atoms with Gasteiger partial charge < -0.3 is 10.1 Å². The Bertz CT molecular complexity index is 401. The van der Waals surface area contributed by atoms with Crippen molar-refractivity contribution in [3.63, 3.8) is 0 Å². The molecule has 1 heterocycles. The summed E-state index contributed by atoms with van der Waals surface area (Å²) in [6, 6.07) is 0. The zero-order valence-corrected chi connectivity index (χ0v) is 10.6. The van der Waals surface area contributed by atoms with Crippen molar-refractivity contribution in [1.82, 2.24) is 9.78 Å². The summed E-state index contributed by atoms with van der Waals surface area (Å²) in [5, 5.41) is 17.8. The third-order valence-corrected chi connectivity index (χ3v) is 2.20. The molecular formula is C10H18N4O3. The topological polar surface area (TPSA) is 82.2 Å². The highest BCUT2D eigenvalue weighted by molar-refractivity contribution is 5.59. The predicted molar refractivity (Wildman–Crippen MR) is 63.9 cm³/mol. The molecule has 0 spiro atoms. The molecule has 0 aliphatic carbocycles. The minimum absolute atomic E-state index is 0.0150. The highest BCUT2D eigenvalue weighted by atomic mass is 16.6. The molecule has 1 aromatic heterocycles. The van der Waals surface area contributed by atoms with Crippen molar-refractivity contribution in [2.45, 2.75) is 20.5 Å². The van der Waals surface area contributed by atoms with Crippen LogP contribution in [0.25, 0.3) is 0 Å². The molecule has 1 aromatic rings. The molecule has 7 heteroatoms. The van der Waals surface area contributed by atoms with E-state index in [2.05, 4.69) is 10.4 Å². The van der Waals surface area contributed by atoms with Crippen LogP contribution in [-0.4, -0.2) is 28.4 Å². The standard InChI is InChI=1S/C10H18N4O3/c1-7(2)5-17-6-8-9(14(15)16)10(11-3)13(4)12-8/h7,11H,5-6H2,1-4H3. The van der Waals surface area contributed by atoms with Crippen molar-refractivity contribution in [2.75, 3.05) is 19.0 Å². The summed E-state index contributed by atoms with van der Waals surface area (Å²) in [5.41, 5.74) is 0.334. The molecule has 0 bridgehead atoms. The molecule has 0 aliphatic heterocycles. The quantitative estimate of drug-likeness (QED) is 0.604. The maximum Gasteiger partial charge on any atom is 0.336 e. The average molecular weight is 242 g/mol. The van der Waals surface area contributed by atoms with Crippen LogP contribution >= 0.6 is 0 Å². The van der Waals surface area contributed by atoms with Gasteiger partial charge in [0.2, 0.25) is 5.82 Å². The molecule has 0 fully saturated rings. The van der Waals surface area contributed by atoms with Crippen LogP contribution in [0, 0.1) is 16.0 Å². The van der Waals surface area contributed by atoms with Gasteiger partial charge in [0.25, 0.3) is 0 Å². The van der Waals surface area contributed by atoms with E-state index < -0.39 is 4.92 Å². The Morgan fingerprint density at radius 3 is 2.71 bits per heavy atom. The molecule has 0 saturated carbocycles. The fraction of sp³-hybridized carbons (Fsp3) is 0.700. The molecule has 0 aliphatic rings. The second kappa shape index (κ2) is 5.62. The molecular weight excluding hydrogens is 224 g/mol. The van der Waals surface area contributed by atoms with Crippen molar-refractivity contribution in [3.8, 4) is 0 Å². The van der Waals surface area contributed by atoms with Crippen molar-refractivity contribution in [1.29, 1.82) is 0 Å². The van der Waals surface area contributed by atoms with Gasteiger partial charge in [0.15, 0.2) is 5.69 Å². The molecule has 1 N–H and O–H groups in total. The Morgan fingerprint density at radius 2 is 2.24 bits per heavy atom. The van der Waals surface area contributed by atoms with Crippen LogP contribution in [0.3, 0.4) is 0 Å². The van der Waals surface area contributed by atoms with Gasteiger partial charge in [0.05, 0.1) is 11.5 Å². The summed E-state index contributed by atoms with van der Waals surface area (Å²) in [5.74, 6) is 0.777. The van der Waals surface area contributed by atoms with Gasteiger partial charge in [-0.05, 0) is 5.92 Å². The highest BCUT2D eigenvalue weighted by Gasteiger charge is 2.25. The van der Waals surface area contributed by atoms with Gasteiger partial charge in [-0.1, -0.05) is 13.8 Å². The lowest BCUT2D eigenvalue weighted by Crippen LogP contribution is -2.04. The zero-order valence-electron chi connectivity index (χ0n) is 10.6. The summed E-state index contributed by atoms with van der Waals surface area (Å²) in [4.78, 5) is 10.5. The highest BCUT2D eigenvalue weighted by Crippen LogP contribution is 2.28. The summed E-state index contributed by atoms with van der Waals surface area (Å²) in [6.45, 7) is 4.75. The molecule has 0 amide bonds. The molecule has 0 unspecified atom stereocenters. The fourth-order valence-corrected chi connectivity index (χ4v) is 1.53. The number of nitrogens with one attached hydrogen (secondary N) is 1. The first-order valence-corrected chi connectivity index (χ1v) is 5.43. The lowest BCUT2D eigenvalue weighted by atomic mass is 10.2. The largest absolute Gasteiger partial charge is 0.375 e. The molecule has 17 heavy (non-hydrogen) atoms. The Labute approximate surface area is 99.9 Å². The van der Waals surface area contributed by atoms with Gasteiger partial charge in [0, 0.05) is 20.7 Å². The van der Waals surface area contributed by atoms with Gasteiger partial charge in [-0.3, -0.25) is 10.1 Å². The Morgan fingerprint density at radius 1 is 1.59 bits per heavy atom. The van der Waals surface area contributed by atoms with Crippen molar-refractivity contribution >= 4 is 11.5 Å². The molecule has 1 rings (SSSR count). The number of aryl methyl sites for hydroxylation is 1. The smallest absolute Gasteiger partial charge is 0.336 e. The summed E-state index contributed by atoms with van der Waals surface area (Å²) < 4.78 is 6.83. The molecule has 7 nitrogen and oxygen atoms in total. The minimum Gasteiger partial charge on any atom is -0.375 e. The maximum absolute atomic E-state index is 11.0. The van der Waals surface area contributed by atoms with E-state index in [4.69, 9.17) is 4.74 Å². The first kappa shape index (κ1) is 13.4. The third-order valence-electron chi connectivity index (χ3n) is 2.20. The molecule has 96 valence electrons. The number of aromatic nitrogens is 2. The summed E-state index contributed by atoms with van der Waals surface area (Å²) >= 11 is 0. The van der Waals surface area contributed by atoms with Crippen LogP contribution < -0.4 is 5.32 Å². The van der Waals surface area contributed by atoms with Crippen molar-refractivity contribution in [3.05, 3.63) is 15.8 Å². The van der Waals surface area contributed by atoms with E-state index in [1.54, 1.807) is 14.1 Å². The van der Waals surface area contributed by atoms with Gasteiger partial charge >= 0.3 is 5.69 Å². The molecule has 0 atom stereocenters. The van der Waals surface area contributed by atoms with E-state index in [0.29, 0.717) is 24.0 Å². The van der Waals surface area contributed by atoms with Crippen molar-refractivity contribution in [2.24, 2.45) is 13.0 Å². The summed E-state index contributed by atoms with van der Waals surface area (Å²) in [7, 11) is 3.29. The van der Waals surface area contributed by atoms with Crippen molar-refractivity contribution < 1.29 is 9.66 Å². The van der Waals surface area contributed by atoms with E-state index in [1.165, 1.54) is 4.68 Å². The van der Waals surface area contributed by atoms with E-state index in [0.717, 1.165) is 0 Å². The van der Waals surface area contributed by atoms with Crippen LogP contribution in [0.15, 0.2) is 0 Å². The minimum atomic E-state index is -0.438. The van der Waals surface area contributed by atoms with Crippen LogP contribution in [-0.2, 0) is 18.4 Å². The SMILES string of the molecule is CNc1c([N+](=O)[O-])c(COCC(C)C)nn1C. The van der Waals surface area contributed by atoms with Gasteiger partial charge in [0.1, 0.15) is 0 Å². The first-order chi connectivity index (χ1) is 7.97. The van der Waals surface area contributed by atoms with E-state index in [9.17, 15) is 10.1 Å². The monoisotopic (exact) mass is 242 g/mol. The number of nitrogens with zero attached hydrogens (tertiary/aromatic N) is 3. The number of anilines is 1. The maximum atomic E-state index is 11.0. The van der Waals surface area contributed by atoms with Crippen LogP contribution in [0.2, 0.25) is 0 Å². The third kappa shape index (κ3) is 3.16. The Hall–Kier alpha value is -1.63. The molecule has 0 radical (unpaired) electrons. The predicted octanol–water partition coefficient (Wildman–Crippen LogP) is 1.54. The average Bonchev–Trinajstić information content (AvgIpc) is 2.54. The van der Waals surface area contributed by atoms with Gasteiger partial charge in [-0.15, -0.1) is 0 Å². The van der Waals surface area contributed by atoms with Gasteiger partial charge in [-0.25, -0.2) is 4.68 Å². The number of hydrogen-bond acceptors (Lipinski definition) is 5. The Balaban J connectivity index is 2.87. The molecule has 0 saturated heterocycles. The van der Waals surface area contributed by atoms with E-state index >= 15 is 0 Å². The number of hydrogen-bond donors (Lipinski definition) is 1. The van der Waals surface area contributed by atoms with E-state index in [-0.39, 0.29) is 12.3 Å². The van der Waals surface area contributed by atoms with Crippen LogP contribution in [0.4, 0.5) is 11.5 Å². The summed E-state index contributed by atoms with van der Waals surface area (Å²) in [6.07, 6.45) is 0. The van der Waals surface area contributed by atoms with Crippen LogP contribution in [0.5, 0.6) is 0 Å². The molecule has 0 aromatic carbocycles. The zero-order chi connectivity index (χ0) is 13.0. The number of rotatable bonds is 6. The fourth-order valence-electron chi connectivity index (χ4n) is 1.53. The second-order valence-corrected chi connectivity index (χ2v) is 4.18. The lowest BCUT2D eigenvalue weighted by molar-refractivity contribution is -0.385. The van der Waals surface area contributed by atoms with E-state index in [1.807, 2.05) is 13.8 Å². The number of nitro groups is 1. The first-order valence-electron chi connectivity index (χ1n) is 5.43. The number of ether oxygens (including phenoxy) is 1. The second-order valence-electron chi connectivity index (χ2n) is 4.18. The van der Waals surface area contributed by atoms with Gasteiger partial charge in [-0.2, -0.15) is 5.10 Å². The van der Waals surface area contributed by atoms with Crippen LogP contribution in [0.1, 0.15) is 19.5 Å². The lowest BCUT2D eigenvalue weighted by Gasteiger charge is -2.04. The normalized spacial score (nSPS) is 10.9.